The van der Waals surface area contributed by atoms with Crippen molar-refractivity contribution in [3.63, 3.8) is 0 Å². The van der Waals surface area contributed by atoms with Crippen LogP contribution in [-0.2, 0) is 4.79 Å². The smallest absolute Gasteiger partial charge is 0.226 e. The van der Waals surface area contributed by atoms with Crippen LogP contribution >= 0.6 is 11.3 Å². The summed E-state index contributed by atoms with van der Waals surface area (Å²) in [7, 11) is 0. The standard InChI is InChI=1S/C25H26N4O3S/c1-4-11-32-17-8-6-7-16(12-17)19-14-22(30)27-24-23(19)15(3)28-29(24)25-26-20-10-9-18(31-5-2)13-21(20)33-25/h6-10,12-13,19H,4-5,11,14H2,1-3H3,(H,27,30)/t19-/m1/s1. The number of hydrogen-bond acceptors (Lipinski definition) is 6. The fraction of sp³-hybridized carbons (Fsp3) is 0.320. The van der Waals surface area contributed by atoms with E-state index < -0.39 is 0 Å². The molecule has 1 atom stereocenters. The second-order valence-electron chi connectivity index (χ2n) is 8.04. The van der Waals surface area contributed by atoms with Crippen LogP contribution in [0.15, 0.2) is 42.5 Å². The summed E-state index contributed by atoms with van der Waals surface area (Å²) in [5.74, 6) is 2.21. The van der Waals surface area contributed by atoms with Crippen molar-refractivity contribution in [1.29, 1.82) is 0 Å². The van der Waals surface area contributed by atoms with Crippen LogP contribution in [0.4, 0.5) is 5.82 Å². The van der Waals surface area contributed by atoms with Gasteiger partial charge in [-0.2, -0.15) is 9.78 Å². The number of aryl methyl sites for hydroxylation is 1. The van der Waals surface area contributed by atoms with E-state index in [0.29, 0.717) is 30.6 Å². The molecule has 4 aromatic rings. The van der Waals surface area contributed by atoms with Crippen LogP contribution in [0.25, 0.3) is 15.3 Å². The predicted octanol–water partition coefficient (Wildman–Crippen LogP) is 5.45. The highest BCUT2D eigenvalue weighted by atomic mass is 32.1. The van der Waals surface area contributed by atoms with Gasteiger partial charge in [0.15, 0.2) is 0 Å². The van der Waals surface area contributed by atoms with E-state index in [4.69, 9.17) is 19.6 Å². The number of ether oxygens (including phenoxy) is 2. The van der Waals surface area contributed by atoms with Crippen LogP contribution in [0.3, 0.4) is 0 Å². The third kappa shape index (κ3) is 4.06. The summed E-state index contributed by atoms with van der Waals surface area (Å²) in [5.41, 5.74) is 3.83. The number of rotatable bonds is 7. The van der Waals surface area contributed by atoms with Crippen molar-refractivity contribution in [1.82, 2.24) is 14.8 Å². The number of carbonyl (C=O) groups is 1. The van der Waals surface area contributed by atoms with Gasteiger partial charge in [0.2, 0.25) is 11.0 Å². The molecule has 1 aliphatic rings. The van der Waals surface area contributed by atoms with Gasteiger partial charge in [0, 0.05) is 17.9 Å². The Morgan fingerprint density at radius 2 is 2.00 bits per heavy atom. The van der Waals surface area contributed by atoms with Gasteiger partial charge in [0.25, 0.3) is 0 Å². The predicted molar refractivity (Wildman–Crippen MR) is 130 cm³/mol. The van der Waals surface area contributed by atoms with E-state index >= 15 is 0 Å². The summed E-state index contributed by atoms with van der Waals surface area (Å²) in [6.45, 7) is 7.31. The molecule has 0 saturated carbocycles. The second kappa shape index (κ2) is 8.86. The third-order valence-electron chi connectivity index (χ3n) is 5.68. The molecule has 5 rings (SSSR count). The Labute approximate surface area is 196 Å². The number of nitrogens with one attached hydrogen (secondary N) is 1. The molecule has 170 valence electrons. The molecule has 0 fully saturated rings. The summed E-state index contributed by atoms with van der Waals surface area (Å²) in [5, 5.41) is 8.54. The Bertz CT molecular complexity index is 1330. The molecule has 0 unspecified atom stereocenters. The lowest BCUT2D eigenvalue weighted by Gasteiger charge is -2.24. The first kappa shape index (κ1) is 21.5. The van der Waals surface area contributed by atoms with E-state index in [0.717, 1.165) is 45.0 Å². The van der Waals surface area contributed by atoms with E-state index in [1.54, 1.807) is 4.68 Å². The Hall–Kier alpha value is -3.39. The van der Waals surface area contributed by atoms with Crippen LogP contribution in [0, 0.1) is 6.92 Å². The quantitative estimate of drug-likeness (QED) is 0.395. The highest BCUT2D eigenvalue weighted by Crippen LogP contribution is 2.42. The molecule has 0 bridgehead atoms. The Morgan fingerprint density at radius 1 is 1.15 bits per heavy atom. The van der Waals surface area contributed by atoms with Crippen molar-refractivity contribution in [2.75, 3.05) is 18.5 Å². The molecule has 1 amide bonds. The molecule has 7 nitrogen and oxygen atoms in total. The van der Waals surface area contributed by atoms with Crippen LogP contribution < -0.4 is 14.8 Å². The Kier molecular flexibility index (Phi) is 5.76. The third-order valence-corrected chi connectivity index (χ3v) is 6.67. The number of nitrogens with zero attached hydrogens (tertiary/aromatic N) is 3. The van der Waals surface area contributed by atoms with Crippen LogP contribution in [0.2, 0.25) is 0 Å². The number of benzene rings is 2. The highest BCUT2D eigenvalue weighted by Gasteiger charge is 2.33. The lowest BCUT2D eigenvalue weighted by Crippen LogP contribution is -2.25. The molecule has 0 spiro atoms. The zero-order chi connectivity index (χ0) is 22.9. The largest absolute Gasteiger partial charge is 0.494 e. The van der Waals surface area contributed by atoms with Crippen LogP contribution in [0.1, 0.15) is 49.4 Å². The molecule has 1 N–H and O–H groups in total. The average Bonchev–Trinajstić information content (AvgIpc) is 3.38. The topological polar surface area (TPSA) is 78.3 Å². The zero-order valence-corrected chi connectivity index (χ0v) is 19.7. The first-order chi connectivity index (χ1) is 16.1. The number of anilines is 1. The SMILES string of the molecule is CCCOc1cccc([C@H]2CC(=O)Nc3c2c(C)nn3-c2nc3ccc(OCC)cc3s2)c1. The maximum Gasteiger partial charge on any atom is 0.226 e. The first-order valence-corrected chi connectivity index (χ1v) is 12.0. The van der Waals surface area contributed by atoms with Crippen molar-refractivity contribution >= 4 is 33.3 Å². The second-order valence-corrected chi connectivity index (χ2v) is 9.05. The van der Waals surface area contributed by atoms with E-state index in [1.807, 2.05) is 50.2 Å². The lowest BCUT2D eigenvalue weighted by atomic mass is 9.86. The zero-order valence-electron chi connectivity index (χ0n) is 18.9. The van der Waals surface area contributed by atoms with E-state index in [1.165, 1.54) is 11.3 Å². The molecular formula is C25H26N4O3S. The number of fused-ring (bicyclic) bond motifs is 2. The monoisotopic (exact) mass is 462 g/mol. The van der Waals surface area contributed by atoms with E-state index in [-0.39, 0.29) is 11.8 Å². The molecule has 33 heavy (non-hydrogen) atoms. The number of hydrogen-bond donors (Lipinski definition) is 1. The maximum absolute atomic E-state index is 12.7. The fourth-order valence-electron chi connectivity index (χ4n) is 4.25. The molecular weight excluding hydrogens is 436 g/mol. The minimum absolute atomic E-state index is 0.0340. The number of carbonyl (C=O) groups excluding carboxylic acids is 1. The van der Waals surface area contributed by atoms with Crippen molar-refractivity contribution < 1.29 is 14.3 Å². The average molecular weight is 463 g/mol. The number of aromatic nitrogens is 3. The Balaban J connectivity index is 1.56. The van der Waals surface area contributed by atoms with Crippen molar-refractivity contribution in [3.05, 3.63) is 59.3 Å². The van der Waals surface area contributed by atoms with E-state index in [9.17, 15) is 4.79 Å². The van der Waals surface area contributed by atoms with E-state index in [2.05, 4.69) is 18.3 Å². The normalized spacial score (nSPS) is 15.4. The van der Waals surface area contributed by atoms with Gasteiger partial charge in [-0.15, -0.1) is 0 Å². The van der Waals surface area contributed by atoms with Crippen molar-refractivity contribution in [3.8, 4) is 16.6 Å². The van der Waals surface area contributed by atoms with Gasteiger partial charge in [-0.05, 0) is 56.2 Å². The minimum Gasteiger partial charge on any atom is -0.494 e. The molecule has 0 aliphatic carbocycles. The lowest BCUT2D eigenvalue weighted by molar-refractivity contribution is -0.116. The molecule has 1 aliphatic heterocycles. The molecule has 0 saturated heterocycles. The number of amides is 1. The highest BCUT2D eigenvalue weighted by molar-refractivity contribution is 7.20. The maximum atomic E-state index is 12.7. The van der Waals surface area contributed by atoms with Gasteiger partial charge in [0.1, 0.15) is 17.3 Å². The summed E-state index contributed by atoms with van der Waals surface area (Å²) in [6.07, 6.45) is 1.31. The molecule has 3 heterocycles. The summed E-state index contributed by atoms with van der Waals surface area (Å²) in [4.78, 5) is 17.5. The fourth-order valence-corrected chi connectivity index (χ4v) is 5.20. The van der Waals surface area contributed by atoms with Crippen molar-refractivity contribution in [2.24, 2.45) is 0 Å². The molecule has 2 aromatic heterocycles. The Morgan fingerprint density at radius 3 is 2.82 bits per heavy atom. The first-order valence-electron chi connectivity index (χ1n) is 11.2. The van der Waals surface area contributed by atoms with Crippen LogP contribution in [-0.4, -0.2) is 33.9 Å². The van der Waals surface area contributed by atoms with Gasteiger partial charge in [-0.1, -0.05) is 30.4 Å². The summed E-state index contributed by atoms with van der Waals surface area (Å²) in [6, 6.07) is 13.9. The summed E-state index contributed by atoms with van der Waals surface area (Å²) >= 11 is 1.52. The molecule has 8 heteroatoms. The minimum atomic E-state index is -0.0911. The number of thiazole rings is 1. The van der Waals surface area contributed by atoms with Gasteiger partial charge < -0.3 is 14.8 Å². The van der Waals surface area contributed by atoms with Gasteiger partial charge in [-0.3, -0.25) is 4.79 Å². The van der Waals surface area contributed by atoms with Crippen LogP contribution in [0.5, 0.6) is 11.5 Å². The van der Waals surface area contributed by atoms with Crippen molar-refractivity contribution in [2.45, 2.75) is 39.5 Å². The molecule has 0 radical (unpaired) electrons. The van der Waals surface area contributed by atoms with Gasteiger partial charge >= 0.3 is 0 Å². The molecule has 2 aromatic carbocycles. The summed E-state index contributed by atoms with van der Waals surface area (Å²) < 4.78 is 14.2. The van der Waals surface area contributed by atoms with Gasteiger partial charge in [0.05, 0.1) is 29.1 Å². The van der Waals surface area contributed by atoms with Gasteiger partial charge in [-0.25, -0.2) is 4.98 Å².